The first kappa shape index (κ1) is 24.4. The van der Waals surface area contributed by atoms with Crippen molar-refractivity contribution in [3.05, 3.63) is 11.6 Å². The summed E-state index contributed by atoms with van der Waals surface area (Å²) in [6, 6.07) is 1.04. The number of guanidine groups is 1. The molecule has 1 aromatic rings. The molecule has 2 heterocycles. The lowest BCUT2D eigenvalue weighted by Gasteiger charge is -2.34. The zero-order valence-corrected chi connectivity index (χ0v) is 21.0. The summed E-state index contributed by atoms with van der Waals surface area (Å²) in [5.41, 5.74) is 0. The highest BCUT2D eigenvalue weighted by molar-refractivity contribution is 14.0. The summed E-state index contributed by atoms with van der Waals surface area (Å²) in [7, 11) is 2.01. The molecule has 1 aliphatic carbocycles. The molecule has 0 unspecified atom stereocenters. The van der Waals surface area contributed by atoms with Crippen molar-refractivity contribution >= 4 is 29.9 Å². The molecule has 8 heteroatoms. The van der Waals surface area contributed by atoms with Crippen LogP contribution in [0.4, 0.5) is 0 Å². The Bertz CT molecular complexity index is 629. The Balaban J connectivity index is 0.00000300. The number of likely N-dealkylation sites (tertiary alicyclic amines) is 1. The van der Waals surface area contributed by atoms with Gasteiger partial charge in [-0.1, -0.05) is 33.1 Å². The highest BCUT2D eigenvalue weighted by Gasteiger charge is 2.22. The zero-order valence-electron chi connectivity index (χ0n) is 18.7. The van der Waals surface area contributed by atoms with Crippen LogP contribution in [0.1, 0.15) is 70.4 Å². The number of halogens is 1. The minimum atomic E-state index is 0. The van der Waals surface area contributed by atoms with Crippen molar-refractivity contribution in [3.8, 4) is 0 Å². The summed E-state index contributed by atoms with van der Waals surface area (Å²) < 4.78 is 2.02. The van der Waals surface area contributed by atoms with Gasteiger partial charge < -0.3 is 20.1 Å². The number of hydrogen-bond donors (Lipinski definition) is 2. The molecule has 29 heavy (non-hydrogen) atoms. The number of nitrogens with zero attached hydrogens (tertiary/aromatic N) is 5. The van der Waals surface area contributed by atoms with Crippen LogP contribution in [0.15, 0.2) is 4.99 Å². The Morgan fingerprint density at radius 1 is 1.03 bits per heavy atom. The fourth-order valence-corrected chi connectivity index (χ4v) is 4.28. The molecule has 0 atom stereocenters. The average Bonchev–Trinajstić information content (AvgIpc) is 3.00. The molecule has 0 bridgehead atoms. The largest absolute Gasteiger partial charge is 0.354 e. The van der Waals surface area contributed by atoms with Crippen molar-refractivity contribution in [2.45, 2.75) is 84.3 Å². The van der Waals surface area contributed by atoms with Crippen molar-refractivity contribution < 1.29 is 0 Å². The Morgan fingerprint density at radius 3 is 2.21 bits per heavy atom. The summed E-state index contributed by atoms with van der Waals surface area (Å²) >= 11 is 0. The van der Waals surface area contributed by atoms with Crippen molar-refractivity contribution in [1.29, 1.82) is 0 Å². The summed E-state index contributed by atoms with van der Waals surface area (Å²) in [4.78, 5) is 7.48. The first-order chi connectivity index (χ1) is 13.5. The molecule has 0 spiro atoms. The molecule has 1 saturated heterocycles. The van der Waals surface area contributed by atoms with Crippen molar-refractivity contribution in [2.24, 2.45) is 18.0 Å². The van der Waals surface area contributed by atoms with Crippen molar-refractivity contribution in [1.82, 2.24) is 30.3 Å². The number of aliphatic imine (C=N–C) groups is 1. The number of piperidine rings is 1. The summed E-state index contributed by atoms with van der Waals surface area (Å²) in [6.45, 7) is 10.7. The minimum Gasteiger partial charge on any atom is -0.354 e. The van der Waals surface area contributed by atoms with E-state index in [1.807, 2.05) is 18.5 Å². The molecule has 0 amide bonds. The van der Waals surface area contributed by atoms with E-state index in [4.69, 9.17) is 4.99 Å². The van der Waals surface area contributed by atoms with E-state index in [1.165, 1.54) is 64.6 Å². The molecule has 166 valence electrons. The van der Waals surface area contributed by atoms with Crippen LogP contribution in [0.25, 0.3) is 0 Å². The second kappa shape index (κ2) is 12.1. The van der Waals surface area contributed by atoms with Crippen molar-refractivity contribution in [2.75, 3.05) is 19.6 Å². The first-order valence-electron chi connectivity index (χ1n) is 11.2. The molecule has 3 rings (SSSR count). The molecule has 1 saturated carbocycles. The van der Waals surface area contributed by atoms with Gasteiger partial charge in [-0.05, 0) is 38.5 Å². The van der Waals surface area contributed by atoms with E-state index in [-0.39, 0.29) is 24.0 Å². The predicted octanol–water partition coefficient (Wildman–Crippen LogP) is 3.23. The second-order valence-corrected chi connectivity index (χ2v) is 8.98. The number of rotatable bonds is 6. The Morgan fingerprint density at radius 2 is 1.66 bits per heavy atom. The standard InChI is InChI=1S/C21H39N7.HI/c1-16(2)15-28-12-10-19(11-13-28)24-21(23-18-8-6-5-7-9-18)22-14-20-26-25-17(3)27(20)4;/h16,18-19H,5-15H2,1-4H3,(H2,22,23,24);1H. The van der Waals surface area contributed by atoms with Gasteiger partial charge in [-0.3, -0.25) is 0 Å². The molecule has 0 radical (unpaired) electrons. The van der Waals surface area contributed by atoms with Gasteiger partial charge in [-0.15, -0.1) is 34.2 Å². The Kier molecular flexibility index (Phi) is 10.1. The molecule has 0 aromatic carbocycles. The van der Waals surface area contributed by atoms with Crippen LogP contribution >= 0.6 is 24.0 Å². The maximum atomic E-state index is 4.88. The van der Waals surface area contributed by atoms with E-state index in [1.54, 1.807) is 0 Å². The Labute approximate surface area is 193 Å². The molecule has 7 nitrogen and oxygen atoms in total. The summed E-state index contributed by atoms with van der Waals surface area (Å²) in [5.74, 6) is 3.53. The third kappa shape index (κ3) is 7.70. The predicted molar refractivity (Wildman–Crippen MR) is 130 cm³/mol. The van der Waals surface area contributed by atoms with Crippen LogP contribution in [-0.4, -0.2) is 57.3 Å². The van der Waals surface area contributed by atoms with E-state index >= 15 is 0 Å². The molecule has 1 aromatic heterocycles. The van der Waals surface area contributed by atoms with Gasteiger partial charge in [-0.2, -0.15) is 0 Å². The third-order valence-electron chi connectivity index (χ3n) is 6.06. The third-order valence-corrected chi connectivity index (χ3v) is 6.06. The van der Waals surface area contributed by atoms with Crippen LogP contribution in [0, 0.1) is 12.8 Å². The highest BCUT2D eigenvalue weighted by atomic mass is 127. The van der Waals surface area contributed by atoms with Crippen molar-refractivity contribution in [3.63, 3.8) is 0 Å². The van der Waals surface area contributed by atoms with Gasteiger partial charge in [-0.25, -0.2) is 4.99 Å². The quantitative estimate of drug-likeness (QED) is 0.345. The molecule has 2 N–H and O–H groups in total. The molecular weight excluding hydrogens is 477 g/mol. The van der Waals surface area contributed by atoms with E-state index in [0.29, 0.717) is 18.6 Å². The molecular formula is C21H40IN7. The van der Waals surface area contributed by atoms with Gasteiger partial charge >= 0.3 is 0 Å². The van der Waals surface area contributed by atoms with Gasteiger partial charge in [0.05, 0.1) is 0 Å². The van der Waals surface area contributed by atoms with E-state index in [9.17, 15) is 0 Å². The van der Waals surface area contributed by atoms with Crippen LogP contribution in [0.5, 0.6) is 0 Å². The fourth-order valence-electron chi connectivity index (χ4n) is 4.28. The number of aryl methyl sites for hydroxylation is 1. The lowest BCUT2D eigenvalue weighted by molar-refractivity contribution is 0.186. The topological polar surface area (TPSA) is 70.4 Å². The minimum absolute atomic E-state index is 0. The summed E-state index contributed by atoms with van der Waals surface area (Å²) in [6.07, 6.45) is 8.86. The van der Waals surface area contributed by atoms with Crippen LogP contribution < -0.4 is 10.6 Å². The Hall–Kier alpha value is -0.900. The average molecular weight is 518 g/mol. The monoisotopic (exact) mass is 517 g/mol. The van der Waals surface area contributed by atoms with Gasteiger partial charge in [0.15, 0.2) is 11.8 Å². The van der Waals surface area contributed by atoms with Gasteiger partial charge in [0.25, 0.3) is 0 Å². The normalized spacial score (nSPS) is 20.0. The smallest absolute Gasteiger partial charge is 0.192 e. The fraction of sp³-hybridized carbons (Fsp3) is 0.857. The van der Waals surface area contributed by atoms with E-state index in [2.05, 4.69) is 39.6 Å². The lowest BCUT2D eigenvalue weighted by Crippen LogP contribution is -2.51. The van der Waals surface area contributed by atoms with E-state index in [0.717, 1.165) is 23.5 Å². The van der Waals surface area contributed by atoms with Crippen LogP contribution in [-0.2, 0) is 13.6 Å². The zero-order chi connectivity index (χ0) is 19.9. The number of aromatic nitrogens is 3. The number of nitrogens with one attached hydrogen (secondary N) is 2. The van der Waals surface area contributed by atoms with Gasteiger partial charge in [0.2, 0.25) is 0 Å². The molecule has 2 fully saturated rings. The SMILES string of the molecule is Cc1nnc(CN=C(NC2CCCCC2)NC2CCN(CC(C)C)CC2)n1C.I. The summed E-state index contributed by atoms with van der Waals surface area (Å²) in [5, 5.41) is 15.9. The lowest BCUT2D eigenvalue weighted by atomic mass is 9.95. The van der Waals surface area contributed by atoms with Crippen LogP contribution in [0.3, 0.4) is 0 Å². The maximum Gasteiger partial charge on any atom is 0.192 e. The van der Waals surface area contributed by atoms with E-state index < -0.39 is 0 Å². The number of hydrogen-bond acceptors (Lipinski definition) is 4. The highest BCUT2D eigenvalue weighted by Crippen LogP contribution is 2.18. The van der Waals surface area contributed by atoms with Gasteiger partial charge in [0.1, 0.15) is 12.4 Å². The first-order valence-corrected chi connectivity index (χ1v) is 11.2. The van der Waals surface area contributed by atoms with Crippen LogP contribution in [0.2, 0.25) is 0 Å². The maximum absolute atomic E-state index is 4.88. The molecule has 1 aliphatic heterocycles. The second-order valence-electron chi connectivity index (χ2n) is 8.98. The molecule has 2 aliphatic rings. The van der Waals surface area contributed by atoms with Gasteiger partial charge in [0, 0.05) is 38.8 Å².